The van der Waals surface area contributed by atoms with Crippen LogP contribution in [-0.2, 0) is 5.75 Å². The fraction of sp³-hybridized carbons (Fsp3) is 0.231. The number of benzene rings is 1. The Morgan fingerprint density at radius 1 is 1.26 bits per heavy atom. The van der Waals surface area contributed by atoms with Gasteiger partial charge in [0.25, 0.3) is 0 Å². The maximum atomic E-state index is 6.26. The average molecular weight is 402 g/mol. The standard InChI is InChI=1S/C13H9Cl2N5S3/c14-7-1-2-8(9(15)5-7)11-19-20-10(17-18-12(20)23-11)6-22-13-16-3-4-21-13/h1-2,5H,3-4,6H2. The van der Waals surface area contributed by atoms with E-state index in [9.17, 15) is 0 Å². The lowest BCUT2D eigenvalue weighted by Crippen LogP contribution is -1.95. The van der Waals surface area contributed by atoms with Gasteiger partial charge in [-0.3, -0.25) is 4.99 Å². The normalized spacial score (nSPS) is 14.6. The molecule has 0 saturated heterocycles. The van der Waals surface area contributed by atoms with Crippen LogP contribution in [0, 0.1) is 0 Å². The molecule has 1 aromatic carbocycles. The quantitative estimate of drug-likeness (QED) is 0.646. The summed E-state index contributed by atoms with van der Waals surface area (Å²) in [4.78, 5) is 5.18. The van der Waals surface area contributed by atoms with Crippen molar-refractivity contribution in [3.8, 4) is 10.6 Å². The zero-order valence-corrected chi connectivity index (χ0v) is 15.5. The summed E-state index contributed by atoms with van der Waals surface area (Å²) in [5.74, 6) is 2.57. The van der Waals surface area contributed by atoms with Crippen LogP contribution in [0.5, 0.6) is 0 Å². The summed E-state index contributed by atoms with van der Waals surface area (Å²) in [5.41, 5.74) is 0.848. The molecule has 0 saturated carbocycles. The molecule has 0 radical (unpaired) electrons. The fourth-order valence-electron chi connectivity index (χ4n) is 2.05. The average Bonchev–Trinajstić information content (AvgIpc) is 3.22. The number of halogens is 2. The summed E-state index contributed by atoms with van der Waals surface area (Å²) in [6.07, 6.45) is 0. The summed E-state index contributed by atoms with van der Waals surface area (Å²) < 4.78 is 2.89. The van der Waals surface area contributed by atoms with Crippen molar-refractivity contribution in [3.63, 3.8) is 0 Å². The molecule has 4 rings (SSSR count). The van der Waals surface area contributed by atoms with Crippen molar-refractivity contribution in [2.45, 2.75) is 5.75 Å². The molecule has 5 nitrogen and oxygen atoms in total. The predicted octanol–water partition coefficient (Wildman–Crippen LogP) is 4.50. The molecule has 118 valence electrons. The Morgan fingerprint density at radius 3 is 2.96 bits per heavy atom. The van der Waals surface area contributed by atoms with Crippen molar-refractivity contribution in [3.05, 3.63) is 34.1 Å². The van der Waals surface area contributed by atoms with E-state index in [4.69, 9.17) is 23.2 Å². The van der Waals surface area contributed by atoms with Gasteiger partial charge >= 0.3 is 0 Å². The first-order chi connectivity index (χ1) is 11.2. The number of rotatable bonds is 3. The lowest BCUT2D eigenvalue weighted by molar-refractivity contribution is 0.888. The minimum atomic E-state index is 0.579. The molecule has 1 aliphatic rings. The summed E-state index contributed by atoms with van der Waals surface area (Å²) >= 11 is 17.1. The van der Waals surface area contributed by atoms with Gasteiger partial charge in [0.15, 0.2) is 5.82 Å². The van der Waals surface area contributed by atoms with Crippen molar-refractivity contribution in [1.82, 2.24) is 19.8 Å². The van der Waals surface area contributed by atoms with Gasteiger partial charge in [-0.1, -0.05) is 58.1 Å². The second kappa shape index (κ2) is 6.60. The summed E-state index contributed by atoms with van der Waals surface area (Å²) in [6, 6.07) is 5.39. The number of hydrogen-bond donors (Lipinski definition) is 0. The predicted molar refractivity (Wildman–Crippen MR) is 100 cm³/mol. The van der Waals surface area contributed by atoms with Gasteiger partial charge < -0.3 is 0 Å². The molecule has 23 heavy (non-hydrogen) atoms. The van der Waals surface area contributed by atoms with Crippen LogP contribution in [0.2, 0.25) is 10.0 Å². The Labute approximate surface area is 154 Å². The minimum Gasteiger partial charge on any atom is -0.271 e. The van der Waals surface area contributed by atoms with Gasteiger partial charge in [-0.25, -0.2) is 0 Å². The van der Waals surface area contributed by atoms with Crippen LogP contribution in [0.15, 0.2) is 23.2 Å². The molecule has 1 aliphatic heterocycles. The van der Waals surface area contributed by atoms with E-state index < -0.39 is 0 Å². The van der Waals surface area contributed by atoms with Crippen LogP contribution in [0.1, 0.15) is 5.82 Å². The van der Waals surface area contributed by atoms with E-state index in [0.29, 0.717) is 15.8 Å². The topological polar surface area (TPSA) is 55.4 Å². The molecule has 3 heterocycles. The molecule has 2 aromatic heterocycles. The van der Waals surface area contributed by atoms with Crippen molar-refractivity contribution < 1.29 is 0 Å². The first kappa shape index (κ1) is 15.7. The van der Waals surface area contributed by atoms with Gasteiger partial charge in [0.2, 0.25) is 4.96 Å². The smallest absolute Gasteiger partial charge is 0.235 e. The lowest BCUT2D eigenvalue weighted by atomic mass is 10.2. The van der Waals surface area contributed by atoms with Gasteiger partial charge in [-0.2, -0.15) is 9.61 Å². The number of thioether (sulfide) groups is 2. The Hall–Kier alpha value is -0.800. The Morgan fingerprint density at radius 2 is 2.17 bits per heavy atom. The summed E-state index contributed by atoms with van der Waals surface area (Å²) in [6.45, 7) is 0.901. The molecule has 0 bridgehead atoms. The van der Waals surface area contributed by atoms with Crippen LogP contribution in [0.4, 0.5) is 0 Å². The third kappa shape index (κ3) is 3.23. The second-order valence-electron chi connectivity index (χ2n) is 4.63. The Bertz CT molecular complexity index is 904. The third-order valence-electron chi connectivity index (χ3n) is 3.10. The minimum absolute atomic E-state index is 0.579. The van der Waals surface area contributed by atoms with E-state index in [-0.39, 0.29) is 0 Å². The van der Waals surface area contributed by atoms with Crippen LogP contribution < -0.4 is 0 Å². The molecule has 0 atom stereocenters. The molecule has 0 N–H and O–H groups in total. The number of nitrogens with zero attached hydrogens (tertiary/aromatic N) is 5. The van der Waals surface area contributed by atoms with Gasteiger partial charge in [-0.15, -0.1) is 10.2 Å². The molecule has 0 unspecified atom stereocenters. The van der Waals surface area contributed by atoms with Crippen LogP contribution in [0.3, 0.4) is 0 Å². The third-order valence-corrected chi connectivity index (χ3v) is 6.83. The highest BCUT2D eigenvalue weighted by Gasteiger charge is 2.16. The first-order valence-corrected chi connectivity index (χ1v) is 10.2. The molecule has 0 amide bonds. The highest BCUT2D eigenvalue weighted by atomic mass is 35.5. The van der Waals surface area contributed by atoms with Crippen molar-refractivity contribution in [2.75, 3.05) is 12.3 Å². The van der Waals surface area contributed by atoms with E-state index in [2.05, 4.69) is 20.3 Å². The SMILES string of the molecule is Clc1ccc(-c2nn3c(CSC4=NCCS4)nnc3s2)c(Cl)c1. The van der Waals surface area contributed by atoms with E-state index in [1.807, 2.05) is 6.07 Å². The van der Waals surface area contributed by atoms with Crippen LogP contribution in [0.25, 0.3) is 15.5 Å². The zero-order valence-electron chi connectivity index (χ0n) is 11.6. The van der Waals surface area contributed by atoms with E-state index in [1.165, 1.54) is 11.3 Å². The number of aromatic nitrogens is 4. The molecule has 0 spiro atoms. The monoisotopic (exact) mass is 401 g/mol. The maximum absolute atomic E-state index is 6.26. The molecule has 0 fully saturated rings. The number of fused-ring (bicyclic) bond motifs is 1. The molecular formula is C13H9Cl2N5S3. The summed E-state index contributed by atoms with van der Waals surface area (Å²) in [7, 11) is 0. The van der Waals surface area contributed by atoms with E-state index in [1.54, 1.807) is 40.2 Å². The van der Waals surface area contributed by atoms with Gasteiger partial charge in [0.05, 0.1) is 17.3 Å². The highest BCUT2D eigenvalue weighted by molar-refractivity contribution is 8.38. The maximum Gasteiger partial charge on any atom is 0.235 e. The molecule has 3 aromatic rings. The van der Waals surface area contributed by atoms with Crippen LogP contribution >= 0.6 is 58.1 Å². The number of hydrogen-bond acceptors (Lipinski definition) is 7. The highest BCUT2D eigenvalue weighted by Crippen LogP contribution is 2.33. The number of aliphatic imine (C=N–C) groups is 1. The van der Waals surface area contributed by atoms with Gasteiger partial charge in [-0.05, 0) is 18.2 Å². The van der Waals surface area contributed by atoms with Gasteiger partial charge in [0, 0.05) is 16.3 Å². The molecule has 0 aliphatic carbocycles. The van der Waals surface area contributed by atoms with E-state index >= 15 is 0 Å². The Kier molecular flexibility index (Phi) is 4.51. The Balaban J connectivity index is 1.63. The fourth-order valence-corrected chi connectivity index (χ4v) is 5.42. The summed E-state index contributed by atoms with van der Waals surface area (Å²) in [5, 5.41) is 15.0. The first-order valence-electron chi connectivity index (χ1n) is 6.67. The zero-order chi connectivity index (χ0) is 15.8. The molecule has 10 heteroatoms. The largest absolute Gasteiger partial charge is 0.271 e. The second-order valence-corrected chi connectivity index (χ2v) is 8.73. The van der Waals surface area contributed by atoms with Gasteiger partial charge in [0.1, 0.15) is 9.38 Å². The van der Waals surface area contributed by atoms with E-state index in [0.717, 1.165) is 38.0 Å². The van der Waals surface area contributed by atoms with Crippen molar-refractivity contribution in [1.29, 1.82) is 0 Å². The molecular weight excluding hydrogens is 393 g/mol. The van der Waals surface area contributed by atoms with Crippen LogP contribution in [-0.4, -0.2) is 36.5 Å². The van der Waals surface area contributed by atoms with Crippen molar-refractivity contribution >= 4 is 67.4 Å². The van der Waals surface area contributed by atoms with Crippen molar-refractivity contribution in [2.24, 2.45) is 4.99 Å². The lowest BCUT2D eigenvalue weighted by Gasteiger charge is -2.00.